The number of amides is 1. The third-order valence-electron chi connectivity index (χ3n) is 5.27. The summed E-state index contributed by atoms with van der Waals surface area (Å²) in [6.07, 6.45) is 0.634. The van der Waals surface area contributed by atoms with Gasteiger partial charge in [-0.25, -0.2) is 4.98 Å². The zero-order valence-corrected chi connectivity index (χ0v) is 16.6. The van der Waals surface area contributed by atoms with Crippen molar-refractivity contribution in [3.05, 3.63) is 64.2 Å². The molecule has 1 aliphatic heterocycles. The van der Waals surface area contributed by atoms with E-state index in [0.29, 0.717) is 35.5 Å². The number of rotatable bonds is 4. The van der Waals surface area contributed by atoms with Gasteiger partial charge in [0, 0.05) is 5.56 Å². The van der Waals surface area contributed by atoms with E-state index in [4.69, 9.17) is 9.47 Å². The number of hydrogen-bond donors (Lipinski definition) is 1. The number of methoxy groups -OCH3 is 1. The van der Waals surface area contributed by atoms with Crippen LogP contribution in [0.15, 0.2) is 47.3 Å². The zero-order valence-electron chi connectivity index (χ0n) is 16.6. The number of aromatic nitrogens is 2. The van der Waals surface area contributed by atoms with Crippen LogP contribution in [0, 0.1) is 6.92 Å². The Morgan fingerprint density at radius 1 is 1.28 bits per heavy atom. The first-order valence-corrected chi connectivity index (χ1v) is 9.56. The summed E-state index contributed by atoms with van der Waals surface area (Å²) < 4.78 is 12.6. The van der Waals surface area contributed by atoms with E-state index in [1.54, 1.807) is 39.2 Å². The zero-order chi connectivity index (χ0) is 20.5. The summed E-state index contributed by atoms with van der Waals surface area (Å²) in [5.74, 6) is 1.67. The van der Waals surface area contributed by atoms with Gasteiger partial charge in [-0.3, -0.25) is 14.2 Å². The van der Waals surface area contributed by atoms with Crippen molar-refractivity contribution in [3.8, 4) is 11.5 Å². The lowest BCUT2D eigenvalue weighted by molar-refractivity contribution is -0.125. The highest BCUT2D eigenvalue weighted by Crippen LogP contribution is 2.34. The van der Waals surface area contributed by atoms with Crippen LogP contribution < -0.4 is 20.3 Å². The molecular weight excluding hydrogens is 370 g/mol. The van der Waals surface area contributed by atoms with E-state index in [0.717, 1.165) is 11.3 Å². The maximum absolute atomic E-state index is 12.9. The molecule has 0 saturated carbocycles. The van der Waals surface area contributed by atoms with Crippen LogP contribution in [0.4, 0.5) is 0 Å². The lowest BCUT2D eigenvalue weighted by Gasteiger charge is -2.28. The third-order valence-corrected chi connectivity index (χ3v) is 5.27. The summed E-state index contributed by atoms with van der Waals surface area (Å²) in [5.41, 5.74) is 1.39. The summed E-state index contributed by atoms with van der Waals surface area (Å²) >= 11 is 0. The first-order valence-electron chi connectivity index (χ1n) is 9.56. The molecule has 1 aliphatic rings. The average Bonchev–Trinajstić information content (AvgIpc) is 2.73. The van der Waals surface area contributed by atoms with Crippen LogP contribution in [-0.2, 0) is 11.2 Å². The van der Waals surface area contributed by atoms with Gasteiger partial charge >= 0.3 is 0 Å². The summed E-state index contributed by atoms with van der Waals surface area (Å²) in [5, 5.41) is 3.51. The predicted molar refractivity (Wildman–Crippen MR) is 110 cm³/mol. The van der Waals surface area contributed by atoms with E-state index in [-0.39, 0.29) is 17.5 Å². The Hall–Kier alpha value is -3.35. The highest BCUT2D eigenvalue weighted by atomic mass is 16.5. The van der Waals surface area contributed by atoms with Crippen LogP contribution in [0.1, 0.15) is 24.4 Å². The molecule has 0 spiro atoms. The van der Waals surface area contributed by atoms with Gasteiger partial charge in [-0.05, 0) is 38.5 Å². The second-order valence-electron chi connectivity index (χ2n) is 7.20. The van der Waals surface area contributed by atoms with E-state index in [1.165, 1.54) is 4.57 Å². The molecule has 1 amide bonds. The van der Waals surface area contributed by atoms with E-state index in [1.807, 2.05) is 24.3 Å². The van der Waals surface area contributed by atoms with Crippen molar-refractivity contribution in [1.82, 2.24) is 14.9 Å². The number of fused-ring (bicyclic) bond motifs is 2. The fraction of sp³-hybridized carbons (Fsp3) is 0.318. The summed E-state index contributed by atoms with van der Waals surface area (Å²) in [4.78, 5) is 30.3. The van der Waals surface area contributed by atoms with Crippen molar-refractivity contribution in [2.75, 3.05) is 13.7 Å². The molecule has 0 radical (unpaired) electrons. The lowest BCUT2D eigenvalue weighted by Crippen LogP contribution is -2.46. The molecule has 2 unspecified atom stereocenters. The number of aryl methyl sites for hydroxylation is 1. The largest absolute Gasteiger partial charge is 0.493 e. The summed E-state index contributed by atoms with van der Waals surface area (Å²) in [7, 11) is 1.60. The number of carbonyl (C=O) groups is 1. The number of ether oxygens (including phenoxy) is 2. The van der Waals surface area contributed by atoms with Gasteiger partial charge in [-0.1, -0.05) is 24.3 Å². The maximum Gasteiger partial charge on any atom is 0.262 e. The fourth-order valence-electron chi connectivity index (χ4n) is 3.80. The molecule has 2 aromatic carbocycles. The molecule has 1 N–H and O–H groups in total. The van der Waals surface area contributed by atoms with Crippen LogP contribution in [0.2, 0.25) is 0 Å². The topological polar surface area (TPSA) is 82.4 Å². The number of nitrogens with one attached hydrogen (secondary N) is 1. The minimum Gasteiger partial charge on any atom is -0.493 e. The van der Waals surface area contributed by atoms with Crippen LogP contribution in [0.3, 0.4) is 0 Å². The number of nitrogens with zero attached hydrogens (tertiary/aromatic N) is 2. The highest BCUT2D eigenvalue weighted by molar-refractivity contribution is 5.82. The standard InChI is InChI=1S/C22H23N3O4/c1-13(25-14(2)23-18-9-5-4-8-17(18)22(25)27)21(26)24-16-11-15-7-6-10-19(28-3)20(15)29-12-16/h4-10,13,16H,11-12H2,1-3H3,(H,24,26). The van der Waals surface area contributed by atoms with Gasteiger partial charge in [0.15, 0.2) is 11.5 Å². The Morgan fingerprint density at radius 3 is 2.86 bits per heavy atom. The second kappa shape index (κ2) is 7.58. The lowest BCUT2D eigenvalue weighted by atomic mass is 10.0. The Kier molecular flexibility index (Phi) is 4.96. The number of para-hydroxylation sites is 2. The van der Waals surface area contributed by atoms with Crippen LogP contribution in [0.5, 0.6) is 11.5 Å². The highest BCUT2D eigenvalue weighted by Gasteiger charge is 2.27. The molecule has 150 valence electrons. The molecule has 7 nitrogen and oxygen atoms in total. The average molecular weight is 393 g/mol. The molecule has 3 aromatic rings. The molecule has 29 heavy (non-hydrogen) atoms. The van der Waals surface area contributed by atoms with Crippen LogP contribution in [-0.4, -0.2) is 35.2 Å². The van der Waals surface area contributed by atoms with Crippen molar-refractivity contribution in [3.63, 3.8) is 0 Å². The minimum atomic E-state index is -0.689. The Balaban J connectivity index is 1.55. The van der Waals surface area contributed by atoms with Gasteiger partial charge in [0.05, 0.1) is 24.1 Å². The van der Waals surface area contributed by atoms with E-state index in [2.05, 4.69) is 10.3 Å². The van der Waals surface area contributed by atoms with Crippen molar-refractivity contribution in [2.45, 2.75) is 32.4 Å². The predicted octanol–water partition coefficient (Wildman–Crippen LogP) is 2.39. The molecular formula is C22H23N3O4. The van der Waals surface area contributed by atoms with Crippen LogP contribution in [0.25, 0.3) is 10.9 Å². The molecule has 2 atom stereocenters. The number of carbonyl (C=O) groups excluding carboxylic acids is 1. The normalized spacial score (nSPS) is 16.6. The second-order valence-corrected chi connectivity index (χ2v) is 7.20. The monoisotopic (exact) mass is 393 g/mol. The van der Waals surface area contributed by atoms with Gasteiger partial charge in [-0.2, -0.15) is 0 Å². The van der Waals surface area contributed by atoms with Crippen molar-refractivity contribution >= 4 is 16.8 Å². The first kappa shape index (κ1) is 19.0. The van der Waals surface area contributed by atoms with Crippen molar-refractivity contribution in [1.29, 1.82) is 0 Å². The molecule has 4 rings (SSSR count). The fourth-order valence-corrected chi connectivity index (χ4v) is 3.80. The van der Waals surface area contributed by atoms with Gasteiger partial charge in [0.25, 0.3) is 5.56 Å². The van der Waals surface area contributed by atoms with Gasteiger partial charge in [0.1, 0.15) is 18.5 Å². The Labute approximate surface area is 168 Å². The summed E-state index contributed by atoms with van der Waals surface area (Å²) in [6, 6.07) is 12.0. The molecule has 2 heterocycles. The first-order chi connectivity index (χ1) is 14.0. The maximum atomic E-state index is 12.9. The van der Waals surface area contributed by atoms with E-state index in [9.17, 15) is 9.59 Å². The molecule has 0 fully saturated rings. The summed E-state index contributed by atoms with van der Waals surface area (Å²) in [6.45, 7) is 3.79. The van der Waals surface area contributed by atoms with Gasteiger partial charge in [-0.15, -0.1) is 0 Å². The quantitative estimate of drug-likeness (QED) is 0.736. The van der Waals surface area contributed by atoms with Crippen molar-refractivity contribution in [2.24, 2.45) is 0 Å². The number of hydrogen-bond acceptors (Lipinski definition) is 5. The smallest absolute Gasteiger partial charge is 0.262 e. The van der Waals surface area contributed by atoms with Gasteiger partial charge < -0.3 is 14.8 Å². The molecule has 0 aliphatic carbocycles. The number of benzene rings is 2. The van der Waals surface area contributed by atoms with Crippen molar-refractivity contribution < 1.29 is 14.3 Å². The molecule has 0 bridgehead atoms. The van der Waals surface area contributed by atoms with Crippen LogP contribution >= 0.6 is 0 Å². The van der Waals surface area contributed by atoms with E-state index >= 15 is 0 Å². The van der Waals surface area contributed by atoms with Gasteiger partial charge in [0.2, 0.25) is 5.91 Å². The molecule has 7 heteroatoms. The Bertz CT molecular complexity index is 1140. The van der Waals surface area contributed by atoms with E-state index < -0.39 is 6.04 Å². The SMILES string of the molecule is COc1cccc2c1OCC(NC(=O)C(C)n1c(C)nc3ccccc3c1=O)C2. The Morgan fingerprint density at radius 2 is 2.07 bits per heavy atom. The molecule has 1 aromatic heterocycles. The third kappa shape index (κ3) is 3.44. The molecule has 0 saturated heterocycles. The minimum absolute atomic E-state index is 0.186.